The van der Waals surface area contributed by atoms with E-state index in [-0.39, 0.29) is 12.1 Å². The van der Waals surface area contributed by atoms with Gasteiger partial charge in [0, 0.05) is 16.8 Å². The average Bonchev–Trinajstić information content (AvgIpc) is 3.35. The molecule has 8 heteroatoms. The molecule has 2 atom stereocenters. The maximum Gasteiger partial charge on any atom is 0.162 e. The largest absolute Gasteiger partial charge is 0.493 e. The molecular weight excluding hydrogens is 400 g/mol. The molecule has 5 rings (SSSR count). The summed E-state index contributed by atoms with van der Waals surface area (Å²) in [5, 5.41) is 19.3. The van der Waals surface area contributed by atoms with E-state index in [0.29, 0.717) is 5.75 Å². The molecule has 1 fully saturated rings. The van der Waals surface area contributed by atoms with Crippen LogP contribution in [-0.4, -0.2) is 46.1 Å². The summed E-state index contributed by atoms with van der Waals surface area (Å²) in [6.45, 7) is 0. The van der Waals surface area contributed by atoms with Crippen molar-refractivity contribution in [3.05, 3.63) is 36.5 Å². The summed E-state index contributed by atoms with van der Waals surface area (Å²) in [4.78, 5) is 5.60. The van der Waals surface area contributed by atoms with Crippen molar-refractivity contribution in [1.82, 2.24) is 14.6 Å². The maximum atomic E-state index is 9.94. The Morgan fingerprint density at radius 1 is 1.13 bits per heavy atom. The lowest BCUT2D eigenvalue weighted by Crippen LogP contribution is -2.30. The molecule has 4 aromatic rings. The van der Waals surface area contributed by atoms with E-state index in [1.807, 2.05) is 35.0 Å². The summed E-state index contributed by atoms with van der Waals surface area (Å²) in [5.41, 5.74) is 1.74. The number of fused-ring (bicyclic) bond motifs is 2. The fraction of sp³-hybridized carbons (Fsp3) is 0.364. The number of methoxy groups -OCH3 is 2. The molecule has 2 N–H and O–H groups in total. The highest BCUT2D eigenvalue weighted by atomic mass is 32.1. The first-order chi connectivity index (χ1) is 14.6. The Morgan fingerprint density at radius 2 is 1.97 bits per heavy atom. The van der Waals surface area contributed by atoms with E-state index in [4.69, 9.17) is 14.6 Å². The van der Waals surface area contributed by atoms with Crippen LogP contribution in [0.5, 0.6) is 11.5 Å². The summed E-state index contributed by atoms with van der Waals surface area (Å²) in [6.07, 6.45) is 5.36. The van der Waals surface area contributed by atoms with Crippen LogP contribution in [0.4, 0.5) is 5.82 Å². The van der Waals surface area contributed by atoms with Crippen LogP contribution >= 0.6 is 11.3 Å². The summed E-state index contributed by atoms with van der Waals surface area (Å²) < 4.78 is 13.9. The fourth-order valence-corrected chi connectivity index (χ4v) is 5.18. The summed E-state index contributed by atoms with van der Waals surface area (Å²) >= 11 is 1.67. The third-order valence-electron chi connectivity index (χ3n) is 5.64. The van der Waals surface area contributed by atoms with Gasteiger partial charge in [-0.25, -0.2) is 9.50 Å². The number of anilines is 1. The van der Waals surface area contributed by atoms with Gasteiger partial charge < -0.3 is 19.9 Å². The van der Waals surface area contributed by atoms with Gasteiger partial charge in [0.15, 0.2) is 17.1 Å². The monoisotopic (exact) mass is 424 g/mol. The SMILES string of the molecule is COc1cc2cc(-c3cnc4ccc(NC5CCC[C@H](O)C5)nn34)sc2cc1OC. The van der Waals surface area contributed by atoms with Crippen molar-refractivity contribution in [2.75, 3.05) is 19.5 Å². The van der Waals surface area contributed by atoms with Crippen molar-refractivity contribution in [1.29, 1.82) is 0 Å². The number of nitrogens with one attached hydrogen (secondary N) is 1. The lowest BCUT2D eigenvalue weighted by atomic mass is 9.93. The van der Waals surface area contributed by atoms with Crippen LogP contribution in [0.2, 0.25) is 0 Å². The maximum absolute atomic E-state index is 9.94. The van der Waals surface area contributed by atoms with E-state index in [9.17, 15) is 5.11 Å². The van der Waals surface area contributed by atoms with Gasteiger partial charge in [0.1, 0.15) is 11.5 Å². The molecule has 1 aliphatic rings. The second-order valence-electron chi connectivity index (χ2n) is 7.65. The van der Waals surface area contributed by atoms with Crippen LogP contribution in [-0.2, 0) is 0 Å². The molecule has 7 nitrogen and oxygen atoms in total. The second-order valence-corrected chi connectivity index (χ2v) is 8.73. The zero-order valence-electron chi connectivity index (χ0n) is 17.0. The molecule has 0 spiro atoms. The normalized spacial score (nSPS) is 19.3. The van der Waals surface area contributed by atoms with Gasteiger partial charge >= 0.3 is 0 Å². The van der Waals surface area contributed by atoms with Crippen molar-refractivity contribution < 1.29 is 14.6 Å². The Bertz CT molecular complexity index is 1160. The summed E-state index contributed by atoms with van der Waals surface area (Å²) in [6, 6.07) is 10.3. The Kier molecular flexibility index (Phi) is 4.96. The third kappa shape index (κ3) is 3.46. The number of ether oxygens (including phenoxy) is 2. The predicted molar refractivity (Wildman–Crippen MR) is 119 cm³/mol. The lowest BCUT2D eigenvalue weighted by molar-refractivity contribution is 0.124. The van der Waals surface area contributed by atoms with E-state index in [1.54, 1.807) is 25.6 Å². The Labute approximate surface area is 178 Å². The number of hydrogen-bond acceptors (Lipinski definition) is 7. The molecule has 0 aliphatic heterocycles. The van der Waals surface area contributed by atoms with Gasteiger partial charge in [-0.2, -0.15) is 0 Å². The molecule has 0 bridgehead atoms. The molecular formula is C22H24N4O3S. The van der Waals surface area contributed by atoms with Crippen molar-refractivity contribution >= 4 is 32.9 Å². The van der Waals surface area contributed by atoms with Crippen molar-refractivity contribution in [2.24, 2.45) is 0 Å². The molecule has 1 unspecified atom stereocenters. The summed E-state index contributed by atoms with van der Waals surface area (Å²) in [7, 11) is 3.29. The lowest BCUT2D eigenvalue weighted by Gasteiger charge is -2.26. The average molecular weight is 425 g/mol. The van der Waals surface area contributed by atoms with E-state index in [2.05, 4.69) is 16.4 Å². The quantitative estimate of drug-likeness (QED) is 0.496. The first-order valence-corrected chi connectivity index (χ1v) is 10.9. The van der Waals surface area contributed by atoms with Gasteiger partial charge in [-0.15, -0.1) is 16.4 Å². The van der Waals surface area contributed by atoms with Crippen LogP contribution < -0.4 is 14.8 Å². The van der Waals surface area contributed by atoms with Gasteiger partial charge in [0.05, 0.1) is 31.4 Å². The number of imidazole rings is 1. The Balaban J connectivity index is 1.51. The zero-order chi connectivity index (χ0) is 20.7. The summed E-state index contributed by atoms with van der Waals surface area (Å²) in [5.74, 6) is 2.23. The highest BCUT2D eigenvalue weighted by Crippen LogP contribution is 2.39. The molecule has 0 amide bonds. The molecule has 1 aromatic carbocycles. The zero-order valence-corrected chi connectivity index (χ0v) is 17.8. The number of aromatic nitrogens is 3. The van der Waals surface area contributed by atoms with Gasteiger partial charge in [-0.05, 0) is 55.3 Å². The van der Waals surface area contributed by atoms with Gasteiger partial charge in [-0.1, -0.05) is 0 Å². The topological polar surface area (TPSA) is 80.9 Å². The van der Waals surface area contributed by atoms with E-state index >= 15 is 0 Å². The number of thiophene rings is 1. The standard InChI is InChI=1S/C22H24N4O3S/c1-28-17-8-13-9-20(30-19(13)11-18(17)29-2)16-12-23-22-7-6-21(25-26(16)22)24-14-4-3-5-15(27)10-14/h6-9,11-12,14-15,27H,3-5,10H2,1-2H3,(H,24,25)/t14?,15-/m0/s1. The molecule has 156 valence electrons. The van der Waals surface area contributed by atoms with Crippen molar-refractivity contribution in [2.45, 2.75) is 37.8 Å². The van der Waals surface area contributed by atoms with Crippen LogP contribution in [0.25, 0.3) is 26.3 Å². The van der Waals surface area contributed by atoms with Crippen LogP contribution in [0.1, 0.15) is 25.7 Å². The van der Waals surface area contributed by atoms with Gasteiger partial charge in [0.2, 0.25) is 0 Å². The minimum atomic E-state index is -0.226. The molecule has 1 saturated carbocycles. The van der Waals surface area contributed by atoms with Crippen LogP contribution in [0, 0.1) is 0 Å². The highest BCUT2D eigenvalue weighted by Gasteiger charge is 2.21. The van der Waals surface area contributed by atoms with E-state index < -0.39 is 0 Å². The van der Waals surface area contributed by atoms with E-state index in [1.165, 1.54) is 0 Å². The third-order valence-corrected chi connectivity index (χ3v) is 6.76. The van der Waals surface area contributed by atoms with Crippen molar-refractivity contribution in [3.8, 4) is 22.1 Å². The minimum absolute atomic E-state index is 0.226. The predicted octanol–water partition coefficient (Wildman–Crippen LogP) is 4.34. The van der Waals surface area contributed by atoms with Gasteiger partial charge in [0.25, 0.3) is 0 Å². The van der Waals surface area contributed by atoms with Crippen LogP contribution in [0.15, 0.2) is 36.5 Å². The van der Waals surface area contributed by atoms with Crippen LogP contribution in [0.3, 0.4) is 0 Å². The first-order valence-electron chi connectivity index (χ1n) is 10.1. The molecule has 3 heterocycles. The Hall–Kier alpha value is -2.84. The van der Waals surface area contributed by atoms with Crippen molar-refractivity contribution in [3.63, 3.8) is 0 Å². The van der Waals surface area contributed by atoms with E-state index in [0.717, 1.165) is 63.6 Å². The number of aliphatic hydroxyl groups excluding tert-OH is 1. The Morgan fingerprint density at radius 3 is 2.77 bits per heavy atom. The molecule has 3 aromatic heterocycles. The highest BCUT2D eigenvalue weighted by molar-refractivity contribution is 7.22. The smallest absolute Gasteiger partial charge is 0.162 e. The minimum Gasteiger partial charge on any atom is -0.493 e. The number of aliphatic hydroxyl groups is 1. The fourth-order valence-electron chi connectivity index (χ4n) is 4.12. The number of benzene rings is 1. The first kappa shape index (κ1) is 19.1. The number of hydrogen-bond donors (Lipinski definition) is 2. The molecule has 1 aliphatic carbocycles. The second kappa shape index (κ2) is 7.77. The molecule has 30 heavy (non-hydrogen) atoms. The van der Waals surface area contributed by atoms with Gasteiger partial charge in [-0.3, -0.25) is 0 Å². The molecule has 0 saturated heterocycles. The number of nitrogens with zero attached hydrogens (tertiary/aromatic N) is 3. The number of rotatable bonds is 5. The molecule has 0 radical (unpaired) electrons.